The van der Waals surface area contributed by atoms with Crippen molar-refractivity contribution in [2.24, 2.45) is 5.92 Å². The molecule has 1 fully saturated rings. The summed E-state index contributed by atoms with van der Waals surface area (Å²) in [6.07, 6.45) is 1.48. The first-order valence-electron chi connectivity index (χ1n) is 9.43. The second-order valence-electron chi connectivity index (χ2n) is 7.15. The van der Waals surface area contributed by atoms with Gasteiger partial charge in [-0.15, -0.1) is 0 Å². The predicted octanol–water partition coefficient (Wildman–Crippen LogP) is 2.14. The van der Waals surface area contributed by atoms with Crippen LogP contribution >= 0.6 is 0 Å². The van der Waals surface area contributed by atoms with Crippen LogP contribution in [0.15, 0.2) is 54.6 Å². The molecule has 0 spiro atoms. The van der Waals surface area contributed by atoms with Gasteiger partial charge in [0.1, 0.15) is 0 Å². The Labute approximate surface area is 160 Å². The van der Waals surface area contributed by atoms with Gasteiger partial charge >= 0.3 is 5.97 Å². The van der Waals surface area contributed by atoms with Crippen molar-refractivity contribution in [1.82, 2.24) is 0 Å². The number of carbonyl (C=O) groups excluding carboxylic acids is 2. The van der Waals surface area contributed by atoms with E-state index in [1.54, 1.807) is 0 Å². The van der Waals surface area contributed by atoms with Gasteiger partial charge in [0.25, 0.3) is 5.91 Å². The number of aryl methyl sites for hydroxylation is 1. The Bertz CT molecular complexity index is 766. The van der Waals surface area contributed by atoms with Crippen LogP contribution in [-0.2, 0) is 14.3 Å². The summed E-state index contributed by atoms with van der Waals surface area (Å²) in [5, 5.41) is 3.06. The Kier molecular flexibility index (Phi) is 6.24. The highest BCUT2D eigenvalue weighted by Crippen LogP contribution is 2.18. The zero-order chi connectivity index (χ0) is 19.2. The van der Waals surface area contributed by atoms with E-state index in [9.17, 15) is 9.59 Å². The van der Waals surface area contributed by atoms with Gasteiger partial charge in [0.2, 0.25) is 0 Å². The van der Waals surface area contributed by atoms with Crippen molar-refractivity contribution >= 4 is 17.6 Å². The zero-order valence-corrected chi connectivity index (χ0v) is 15.9. The first kappa shape index (κ1) is 19.1. The minimum Gasteiger partial charge on any atom is -0.469 e. The number of benzene rings is 2. The van der Waals surface area contributed by atoms with Gasteiger partial charge in [-0.2, -0.15) is 0 Å². The molecule has 2 aromatic rings. The smallest absolute Gasteiger partial charge is 0.309 e. The number of quaternary nitrogens is 1. The highest BCUT2D eigenvalue weighted by molar-refractivity contribution is 5.94. The molecule has 5 nitrogen and oxygen atoms in total. The molecule has 1 heterocycles. The number of anilines is 1. The molecule has 1 aliphatic heterocycles. The minimum atomic E-state index is -0.300. The first-order chi connectivity index (χ1) is 13.1. The van der Waals surface area contributed by atoms with Gasteiger partial charge in [0.05, 0.1) is 26.1 Å². The molecule has 1 atom stereocenters. The quantitative estimate of drug-likeness (QED) is 0.796. The summed E-state index contributed by atoms with van der Waals surface area (Å²) in [7, 11) is 1.43. The summed E-state index contributed by atoms with van der Waals surface area (Å²) < 4.78 is 4.88. The summed E-state index contributed by atoms with van der Waals surface area (Å²) in [6, 6.07) is 17.4. The van der Waals surface area contributed by atoms with E-state index in [1.165, 1.54) is 12.0 Å². The largest absolute Gasteiger partial charge is 0.469 e. The van der Waals surface area contributed by atoms with Crippen molar-refractivity contribution in [3.05, 3.63) is 65.7 Å². The van der Waals surface area contributed by atoms with E-state index in [0.717, 1.165) is 42.7 Å². The highest BCUT2D eigenvalue weighted by Gasteiger charge is 2.36. The Hall–Kier alpha value is -2.66. The van der Waals surface area contributed by atoms with Gasteiger partial charge in [-0.25, -0.2) is 0 Å². The summed E-state index contributed by atoms with van der Waals surface area (Å²) in [4.78, 5) is 26.1. The second kappa shape index (κ2) is 8.82. The number of hydrogen-bond acceptors (Lipinski definition) is 3. The van der Waals surface area contributed by atoms with Crippen molar-refractivity contribution in [2.45, 2.75) is 25.8 Å². The number of carbonyl (C=O) groups is 2. The Balaban J connectivity index is 1.77. The highest BCUT2D eigenvalue weighted by atomic mass is 16.5. The maximum absolute atomic E-state index is 13.1. The topological polar surface area (TPSA) is 59.8 Å². The fourth-order valence-electron chi connectivity index (χ4n) is 3.75. The average molecular weight is 367 g/mol. The number of amides is 1. The van der Waals surface area contributed by atoms with Gasteiger partial charge in [0.15, 0.2) is 6.04 Å². The number of methoxy groups -OCH3 is 1. The molecule has 5 heteroatoms. The van der Waals surface area contributed by atoms with E-state index in [2.05, 4.69) is 5.32 Å². The van der Waals surface area contributed by atoms with Crippen LogP contribution in [0.5, 0.6) is 0 Å². The fourth-order valence-corrected chi connectivity index (χ4v) is 3.75. The van der Waals surface area contributed by atoms with E-state index in [1.807, 2.05) is 61.5 Å². The summed E-state index contributed by atoms with van der Waals surface area (Å²) >= 11 is 0. The predicted molar refractivity (Wildman–Crippen MR) is 104 cm³/mol. The van der Waals surface area contributed by atoms with Crippen molar-refractivity contribution in [1.29, 1.82) is 0 Å². The lowest BCUT2D eigenvalue weighted by molar-refractivity contribution is -0.927. The van der Waals surface area contributed by atoms with Crippen LogP contribution in [-0.4, -0.2) is 32.1 Å². The number of esters is 1. The normalized spacial score (nSPS) is 20.5. The van der Waals surface area contributed by atoms with Crippen LogP contribution < -0.4 is 10.2 Å². The average Bonchev–Trinajstić information content (AvgIpc) is 2.71. The fraction of sp³-hybridized carbons (Fsp3) is 0.364. The lowest BCUT2D eigenvalue weighted by Crippen LogP contribution is -3.14. The number of nitrogens with one attached hydrogen (secondary N) is 2. The summed E-state index contributed by atoms with van der Waals surface area (Å²) in [5.41, 5.74) is 2.95. The molecule has 142 valence electrons. The molecule has 0 bridgehead atoms. The Morgan fingerprint density at radius 1 is 1.04 bits per heavy atom. The first-order valence-corrected chi connectivity index (χ1v) is 9.43. The molecule has 2 aromatic carbocycles. The third kappa shape index (κ3) is 4.74. The van der Waals surface area contributed by atoms with E-state index in [0.29, 0.717) is 0 Å². The molecule has 0 aliphatic carbocycles. The lowest BCUT2D eigenvalue weighted by Gasteiger charge is -2.33. The van der Waals surface area contributed by atoms with Crippen molar-refractivity contribution < 1.29 is 19.2 Å². The Morgan fingerprint density at radius 3 is 2.26 bits per heavy atom. The number of rotatable bonds is 5. The maximum atomic E-state index is 13.1. The number of ether oxygens (including phenoxy) is 1. The SMILES string of the molecule is COC(=O)C1CC[NH+]([C@@H](C(=O)Nc2ccc(C)cc2)c2ccccc2)CC1. The molecule has 0 saturated carbocycles. The number of piperidine rings is 1. The maximum Gasteiger partial charge on any atom is 0.309 e. The number of hydrogen-bond donors (Lipinski definition) is 2. The van der Waals surface area contributed by atoms with Crippen molar-refractivity contribution in [2.75, 3.05) is 25.5 Å². The standard InChI is InChI=1S/C22H26N2O3/c1-16-8-10-19(11-9-16)23-21(25)20(17-6-4-3-5-7-17)24-14-12-18(13-15-24)22(26)27-2/h3-11,18,20H,12-15H2,1-2H3,(H,23,25)/p+1/t20-/m1/s1. The van der Waals surface area contributed by atoms with Gasteiger partial charge in [-0.3, -0.25) is 9.59 Å². The molecule has 0 radical (unpaired) electrons. The van der Waals surface area contributed by atoms with E-state index in [4.69, 9.17) is 4.74 Å². The summed E-state index contributed by atoms with van der Waals surface area (Å²) in [6.45, 7) is 3.55. The molecule has 3 rings (SSSR count). The van der Waals surface area contributed by atoms with Crippen LogP contribution in [0, 0.1) is 12.8 Å². The van der Waals surface area contributed by atoms with Crippen LogP contribution in [0.2, 0.25) is 0 Å². The molecular formula is C22H27N2O3+. The third-order valence-electron chi connectivity index (χ3n) is 5.28. The summed E-state index contributed by atoms with van der Waals surface area (Å²) in [5.74, 6) is -0.221. The monoisotopic (exact) mass is 367 g/mol. The van der Waals surface area contributed by atoms with Gasteiger partial charge in [-0.1, -0.05) is 48.0 Å². The molecule has 2 N–H and O–H groups in total. The van der Waals surface area contributed by atoms with Crippen LogP contribution in [0.4, 0.5) is 5.69 Å². The van der Waals surface area contributed by atoms with Crippen molar-refractivity contribution in [3.8, 4) is 0 Å². The van der Waals surface area contributed by atoms with Crippen LogP contribution in [0.1, 0.15) is 30.0 Å². The van der Waals surface area contributed by atoms with E-state index >= 15 is 0 Å². The minimum absolute atomic E-state index is 0.0171. The van der Waals surface area contributed by atoms with Gasteiger partial charge in [0, 0.05) is 24.1 Å². The molecule has 0 aromatic heterocycles. The number of likely N-dealkylation sites (tertiary alicyclic amines) is 1. The van der Waals surface area contributed by atoms with Crippen LogP contribution in [0.25, 0.3) is 0 Å². The van der Waals surface area contributed by atoms with Gasteiger partial charge < -0.3 is 15.0 Å². The van der Waals surface area contributed by atoms with E-state index < -0.39 is 0 Å². The molecule has 1 amide bonds. The van der Waals surface area contributed by atoms with Gasteiger partial charge in [-0.05, 0) is 19.1 Å². The zero-order valence-electron chi connectivity index (χ0n) is 15.9. The molecule has 27 heavy (non-hydrogen) atoms. The Morgan fingerprint density at radius 2 is 1.67 bits per heavy atom. The lowest BCUT2D eigenvalue weighted by atomic mass is 9.94. The molecule has 1 aliphatic rings. The molecule has 1 saturated heterocycles. The van der Waals surface area contributed by atoms with Crippen LogP contribution in [0.3, 0.4) is 0 Å². The second-order valence-corrected chi connectivity index (χ2v) is 7.15. The van der Waals surface area contributed by atoms with E-state index in [-0.39, 0.29) is 23.8 Å². The van der Waals surface area contributed by atoms with Crippen molar-refractivity contribution in [3.63, 3.8) is 0 Å². The molecule has 0 unspecified atom stereocenters. The third-order valence-corrected chi connectivity index (χ3v) is 5.28. The molecular weight excluding hydrogens is 340 g/mol.